The highest BCUT2D eigenvalue weighted by Gasteiger charge is 2.13. The molecule has 1 aliphatic heterocycles. The fraction of sp³-hybridized carbons (Fsp3) is 0.312. The van der Waals surface area contributed by atoms with Gasteiger partial charge >= 0.3 is 0 Å². The molecule has 1 aromatic heterocycles. The van der Waals surface area contributed by atoms with Crippen molar-refractivity contribution in [3.63, 3.8) is 0 Å². The summed E-state index contributed by atoms with van der Waals surface area (Å²) in [6, 6.07) is 8.34. The number of benzene rings is 1. The first kappa shape index (κ1) is 16.5. The van der Waals surface area contributed by atoms with Crippen LogP contribution in [0, 0.1) is 10.1 Å². The van der Waals surface area contributed by atoms with Gasteiger partial charge in [0, 0.05) is 38.0 Å². The van der Waals surface area contributed by atoms with E-state index in [0.29, 0.717) is 30.5 Å². The Balaban J connectivity index is 1.67. The largest absolute Gasteiger partial charge is 0.380 e. The number of nitro benzene ring substituents is 1. The number of ether oxygens (including phenoxy) is 1. The van der Waals surface area contributed by atoms with Gasteiger partial charge in [0.05, 0.1) is 28.8 Å². The van der Waals surface area contributed by atoms with Gasteiger partial charge < -0.3 is 15.0 Å². The molecule has 2 aromatic rings. The summed E-state index contributed by atoms with van der Waals surface area (Å²) in [4.78, 5) is 16.9. The molecular formula is C16H17ClN4O3. The van der Waals surface area contributed by atoms with Crippen LogP contribution in [-0.4, -0.2) is 36.2 Å². The summed E-state index contributed by atoms with van der Waals surface area (Å²) in [5.74, 6) is 0.924. The number of nitrogens with zero attached hydrogens (tertiary/aromatic N) is 3. The van der Waals surface area contributed by atoms with E-state index in [1.807, 2.05) is 12.1 Å². The van der Waals surface area contributed by atoms with Gasteiger partial charge in [-0.25, -0.2) is 4.98 Å². The van der Waals surface area contributed by atoms with Gasteiger partial charge in [0.25, 0.3) is 5.69 Å². The average Bonchev–Trinajstić information content (AvgIpc) is 2.61. The highest BCUT2D eigenvalue weighted by atomic mass is 35.5. The number of rotatable bonds is 5. The topological polar surface area (TPSA) is 80.5 Å². The molecule has 0 radical (unpaired) electrons. The summed E-state index contributed by atoms with van der Waals surface area (Å²) in [5, 5.41) is 14.3. The minimum absolute atomic E-state index is 0.0240. The van der Waals surface area contributed by atoms with Crippen molar-refractivity contribution >= 4 is 28.8 Å². The van der Waals surface area contributed by atoms with E-state index in [4.69, 9.17) is 16.3 Å². The number of pyridine rings is 1. The van der Waals surface area contributed by atoms with Crippen molar-refractivity contribution in [3.05, 3.63) is 57.2 Å². The van der Waals surface area contributed by atoms with Crippen molar-refractivity contribution in [2.45, 2.75) is 6.54 Å². The van der Waals surface area contributed by atoms with Gasteiger partial charge in [-0.3, -0.25) is 10.1 Å². The van der Waals surface area contributed by atoms with Gasteiger partial charge in [-0.05, 0) is 23.8 Å². The predicted octanol–water partition coefficient (Wildman–Crippen LogP) is 3.09. The summed E-state index contributed by atoms with van der Waals surface area (Å²) in [6.45, 7) is 3.64. The lowest BCUT2D eigenvalue weighted by Gasteiger charge is -2.28. The third-order valence-corrected chi connectivity index (χ3v) is 4.10. The first-order valence-electron chi connectivity index (χ1n) is 7.59. The summed E-state index contributed by atoms with van der Waals surface area (Å²) < 4.78 is 5.35. The number of anilines is 2. The van der Waals surface area contributed by atoms with Crippen LogP contribution in [0.25, 0.3) is 0 Å². The Kier molecular flexibility index (Phi) is 5.12. The molecule has 126 valence electrons. The lowest BCUT2D eigenvalue weighted by Crippen LogP contribution is -2.36. The Labute approximate surface area is 144 Å². The number of aromatic nitrogens is 1. The molecule has 0 atom stereocenters. The van der Waals surface area contributed by atoms with Gasteiger partial charge in [-0.1, -0.05) is 11.6 Å². The lowest BCUT2D eigenvalue weighted by atomic mass is 10.2. The maximum absolute atomic E-state index is 10.7. The Morgan fingerprint density at radius 3 is 2.79 bits per heavy atom. The fourth-order valence-electron chi connectivity index (χ4n) is 2.49. The molecule has 0 aliphatic carbocycles. The van der Waals surface area contributed by atoms with Crippen molar-refractivity contribution in [3.8, 4) is 0 Å². The Morgan fingerprint density at radius 1 is 1.29 bits per heavy atom. The molecule has 3 rings (SSSR count). The van der Waals surface area contributed by atoms with Crippen LogP contribution in [0.15, 0.2) is 36.5 Å². The standard InChI is InChI=1S/C16H17ClN4O3/c17-14-10-13(21(22)23)1-2-15(14)19-11-12-3-4-18-16(9-12)20-5-7-24-8-6-20/h1-4,9-10,19H,5-8,11H2. The second kappa shape index (κ2) is 7.46. The number of halogens is 1. The van der Waals surface area contributed by atoms with E-state index in [-0.39, 0.29) is 5.69 Å². The van der Waals surface area contributed by atoms with Crippen LogP contribution < -0.4 is 10.2 Å². The van der Waals surface area contributed by atoms with Crippen LogP contribution in [0.2, 0.25) is 5.02 Å². The molecule has 0 saturated carbocycles. The van der Waals surface area contributed by atoms with E-state index in [1.54, 1.807) is 12.3 Å². The van der Waals surface area contributed by atoms with Crippen LogP contribution in [0.4, 0.5) is 17.2 Å². The molecule has 0 unspecified atom stereocenters. The summed E-state index contributed by atoms with van der Waals surface area (Å²) in [5.41, 5.74) is 1.69. The van der Waals surface area contributed by atoms with Gasteiger partial charge in [-0.15, -0.1) is 0 Å². The molecule has 8 heteroatoms. The third kappa shape index (κ3) is 3.93. The number of non-ortho nitro benzene ring substituents is 1. The van der Waals surface area contributed by atoms with E-state index < -0.39 is 4.92 Å². The molecule has 0 spiro atoms. The van der Waals surface area contributed by atoms with Crippen LogP contribution in [0.3, 0.4) is 0 Å². The average molecular weight is 349 g/mol. The highest BCUT2D eigenvalue weighted by molar-refractivity contribution is 6.33. The molecule has 1 saturated heterocycles. The second-order valence-corrected chi connectivity index (χ2v) is 5.80. The molecule has 1 N–H and O–H groups in total. The van der Waals surface area contributed by atoms with Crippen LogP contribution >= 0.6 is 11.6 Å². The van der Waals surface area contributed by atoms with Crippen molar-refractivity contribution in [2.24, 2.45) is 0 Å². The number of nitro groups is 1. The van der Waals surface area contributed by atoms with Gasteiger partial charge in [0.1, 0.15) is 5.82 Å². The number of hydrogen-bond donors (Lipinski definition) is 1. The first-order chi connectivity index (χ1) is 11.6. The first-order valence-corrected chi connectivity index (χ1v) is 7.97. The van der Waals surface area contributed by atoms with E-state index >= 15 is 0 Å². The zero-order chi connectivity index (χ0) is 16.9. The number of hydrogen-bond acceptors (Lipinski definition) is 6. The normalized spacial score (nSPS) is 14.5. The minimum Gasteiger partial charge on any atom is -0.380 e. The van der Waals surface area contributed by atoms with Gasteiger partial charge in [-0.2, -0.15) is 0 Å². The number of nitrogens with one attached hydrogen (secondary N) is 1. The molecule has 1 fully saturated rings. The summed E-state index contributed by atoms with van der Waals surface area (Å²) >= 11 is 6.09. The highest BCUT2D eigenvalue weighted by Crippen LogP contribution is 2.27. The zero-order valence-electron chi connectivity index (χ0n) is 12.9. The molecule has 2 heterocycles. The second-order valence-electron chi connectivity index (χ2n) is 5.40. The maximum Gasteiger partial charge on any atom is 0.271 e. The zero-order valence-corrected chi connectivity index (χ0v) is 13.7. The maximum atomic E-state index is 10.7. The molecular weight excluding hydrogens is 332 g/mol. The van der Waals surface area contributed by atoms with E-state index in [9.17, 15) is 10.1 Å². The molecule has 7 nitrogen and oxygen atoms in total. The minimum atomic E-state index is -0.465. The molecule has 0 amide bonds. The third-order valence-electron chi connectivity index (χ3n) is 3.79. The Morgan fingerprint density at radius 2 is 2.08 bits per heavy atom. The van der Waals surface area contributed by atoms with Crippen LogP contribution in [-0.2, 0) is 11.3 Å². The quantitative estimate of drug-likeness (QED) is 0.660. The number of morpholine rings is 1. The van der Waals surface area contributed by atoms with E-state index in [2.05, 4.69) is 15.2 Å². The molecule has 24 heavy (non-hydrogen) atoms. The van der Waals surface area contributed by atoms with E-state index in [0.717, 1.165) is 24.5 Å². The summed E-state index contributed by atoms with van der Waals surface area (Å²) in [7, 11) is 0. The monoisotopic (exact) mass is 348 g/mol. The van der Waals surface area contributed by atoms with Gasteiger partial charge in [0.2, 0.25) is 0 Å². The molecule has 1 aliphatic rings. The van der Waals surface area contributed by atoms with Gasteiger partial charge in [0.15, 0.2) is 0 Å². The van der Waals surface area contributed by atoms with Crippen molar-refractivity contribution in [1.82, 2.24) is 4.98 Å². The van der Waals surface area contributed by atoms with E-state index in [1.165, 1.54) is 12.1 Å². The summed E-state index contributed by atoms with van der Waals surface area (Å²) in [6.07, 6.45) is 1.78. The Hall–Kier alpha value is -2.38. The SMILES string of the molecule is O=[N+]([O-])c1ccc(NCc2ccnc(N3CCOCC3)c2)c(Cl)c1. The predicted molar refractivity (Wildman–Crippen MR) is 92.7 cm³/mol. The van der Waals surface area contributed by atoms with Crippen LogP contribution in [0.1, 0.15) is 5.56 Å². The smallest absolute Gasteiger partial charge is 0.271 e. The lowest BCUT2D eigenvalue weighted by molar-refractivity contribution is -0.384. The van der Waals surface area contributed by atoms with Crippen molar-refractivity contribution in [2.75, 3.05) is 36.5 Å². The fourth-order valence-corrected chi connectivity index (χ4v) is 2.74. The van der Waals surface area contributed by atoms with Crippen LogP contribution in [0.5, 0.6) is 0 Å². The van der Waals surface area contributed by atoms with Crippen molar-refractivity contribution in [1.29, 1.82) is 0 Å². The molecule has 1 aromatic carbocycles. The molecule has 0 bridgehead atoms. The van der Waals surface area contributed by atoms with Crippen molar-refractivity contribution < 1.29 is 9.66 Å². The Bertz CT molecular complexity index is 735.